The maximum Gasteiger partial charge on any atom is 0.253 e. The molecule has 132 valence electrons. The molecule has 0 aliphatic carbocycles. The average Bonchev–Trinajstić information content (AvgIpc) is 3.10. The Morgan fingerprint density at radius 1 is 1.08 bits per heavy atom. The number of para-hydroxylation sites is 1. The van der Waals surface area contributed by atoms with E-state index in [1.54, 1.807) is 24.3 Å². The van der Waals surface area contributed by atoms with Crippen LogP contribution in [0.2, 0.25) is 0 Å². The van der Waals surface area contributed by atoms with E-state index in [0.717, 1.165) is 11.1 Å². The molecule has 3 aromatic rings. The Morgan fingerprint density at radius 3 is 2.58 bits per heavy atom. The lowest BCUT2D eigenvalue weighted by atomic mass is 10.1. The van der Waals surface area contributed by atoms with Gasteiger partial charge in [-0.15, -0.1) is 0 Å². The minimum absolute atomic E-state index is 0.0824. The molecule has 0 bridgehead atoms. The smallest absolute Gasteiger partial charge is 0.253 e. The monoisotopic (exact) mass is 350 g/mol. The highest BCUT2D eigenvalue weighted by atomic mass is 16.5. The van der Waals surface area contributed by atoms with Gasteiger partial charge in [-0.1, -0.05) is 41.6 Å². The van der Waals surface area contributed by atoms with Crippen LogP contribution in [0.3, 0.4) is 0 Å². The lowest BCUT2D eigenvalue weighted by Gasteiger charge is -2.09. The van der Waals surface area contributed by atoms with Gasteiger partial charge in [-0.2, -0.15) is 4.98 Å². The third-order valence-electron chi connectivity index (χ3n) is 3.84. The molecule has 2 amide bonds. The van der Waals surface area contributed by atoms with Gasteiger partial charge in [0, 0.05) is 12.6 Å². The summed E-state index contributed by atoms with van der Waals surface area (Å²) in [6, 6.07) is 14.4. The van der Waals surface area contributed by atoms with Gasteiger partial charge in [-0.25, -0.2) is 0 Å². The minimum Gasteiger partial charge on any atom is -0.355 e. The van der Waals surface area contributed by atoms with Crippen LogP contribution in [0.5, 0.6) is 0 Å². The highest BCUT2D eigenvalue weighted by Crippen LogP contribution is 2.20. The Hall–Kier alpha value is -3.48. The zero-order chi connectivity index (χ0) is 18.5. The van der Waals surface area contributed by atoms with E-state index in [2.05, 4.69) is 20.8 Å². The molecule has 0 spiro atoms. The minimum atomic E-state index is -0.346. The summed E-state index contributed by atoms with van der Waals surface area (Å²) in [6.07, 6.45) is -0.0824. The normalized spacial score (nSPS) is 10.4. The number of nitrogens with zero attached hydrogens (tertiary/aromatic N) is 2. The molecule has 3 rings (SSSR count). The molecule has 7 heteroatoms. The first-order chi connectivity index (χ1) is 12.6. The summed E-state index contributed by atoms with van der Waals surface area (Å²) in [7, 11) is 1.53. The number of carbonyl (C=O) groups excluding carboxylic acids is 2. The Morgan fingerprint density at radius 2 is 1.81 bits per heavy atom. The maximum atomic E-state index is 12.3. The number of rotatable bonds is 5. The highest BCUT2D eigenvalue weighted by molar-refractivity contribution is 6.03. The quantitative estimate of drug-likeness (QED) is 0.737. The molecular formula is C19H18N4O3. The molecule has 0 aliphatic rings. The summed E-state index contributed by atoms with van der Waals surface area (Å²) < 4.78 is 5.18. The molecule has 1 aromatic heterocycles. The predicted octanol–water partition coefficient (Wildman–Crippen LogP) is 2.59. The van der Waals surface area contributed by atoms with Crippen LogP contribution in [0.15, 0.2) is 53.1 Å². The van der Waals surface area contributed by atoms with Gasteiger partial charge >= 0.3 is 0 Å². The molecule has 0 saturated heterocycles. The van der Waals surface area contributed by atoms with Gasteiger partial charge < -0.3 is 15.2 Å². The fourth-order valence-corrected chi connectivity index (χ4v) is 2.52. The van der Waals surface area contributed by atoms with Crippen molar-refractivity contribution in [3.05, 3.63) is 65.5 Å². The standard InChI is InChI=1S/C19H18N4O3/c1-12-7-3-4-8-13(12)18-22-17(26-23-18)11-16(24)21-15-10-6-5-9-14(15)19(25)20-2/h3-10H,11H2,1-2H3,(H,20,25)(H,21,24). The number of amides is 2. The molecule has 7 nitrogen and oxygen atoms in total. The maximum absolute atomic E-state index is 12.3. The van der Waals surface area contributed by atoms with E-state index in [0.29, 0.717) is 17.1 Å². The fourth-order valence-electron chi connectivity index (χ4n) is 2.52. The zero-order valence-electron chi connectivity index (χ0n) is 14.4. The van der Waals surface area contributed by atoms with Crippen molar-refractivity contribution in [2.75, 3.05) is 12.4 Å². The van der Waals surface area contributed by atoms with Crippen molar-refractivity contribution < 1.29 is 14.1 Å². The first-order valence-electron chi connectivity index (χ1n) is 8.08. The van der Waals surface area contributed by atoms with Gasteiger partial charge in [-0.3, -0.25) is 9.59 Å². The predicted molar refractivity (Wildman–Crippen MR) is 96.6 cm³/mol. The van der Waals surface area contributed by atoms with Crippen molar-refractivity contribution in [1.29, 1.82) is 0 Å². The van der Waals surface area contributed by atoms with Crippen LogP contribution < -0.4 is 10.6 Å². The molecule has 0 aliphatic heterocycles. The Bertz CT molecular complexity index is 949. The van der Waals surface area contributed by atoms with Gasteiger partial charge in [0.2, 0.25) is 17.6 Å². The second-order valence-electron chi connectivity index (χ2n) is 5.68. The van der Waals surface area contributed by atoms with E-state index in [9.17, 15) is 9.59 Å². The number of benzene rings is 2. The van der Waals surface area contributed by atoms with Crippen molar-refractivity contribution in [3.8, 4) is 11.4 Å². The Balaban J connectivity index is 1.72. The number of aryl methyl sites for hydroxylation is 1. The summed E-state index contributed by atoms with van der Waals surface area (Å²) >= 11 is 0. The molecule has 0 radical (unpaired) electrons. The van der Waals surface area contributed by atoms with Crippen molar-refractivity contribution in [3.63, 3.8) is 0 Å². The van der Waals surface area contributed by atoms with E-state index in [1.807, 2.05) is 31.2 Å². The van der Waals surface area contributed by atoms with Gasteiger partial charge in [0.1, 0.15) is 6.42 Å². The molecule has 0 saturated carbocycles. The van der Waals surface area contributed by atoms with Crippen molar-refractivity contribution in [1.82, 2.24) is 15.5 Å². The van der Waals surface area contributed by atoms with Crippen molar-refractivity contribution in [2.45, 2.75) is 13.3 Å². The molecule has 1 heterocycles. The summed E-state index contributed by atoms with van der Waals surface area (Å²) in [4.78, 5) is 28.4. The third kappa shape index (κ3) is 3.77. The second-order valence-corrected chi connectivity index (χ2v) is 5.68. The van der Waals surface area contributed by atoms with Gasteiger partial charge in [0.05, 0.1) is 11.3 Å². The first kappa shape index (κ1) is 17.3. The largest absolute Gasteiger partial charge is 0.355 e. The third-order valence-corrected chi connectivity index (χ3v) is 3.84. The van der Waals surface area contributed by atoms with E-state index < -0.39 is 0 Å². The van der Waals surface area contributed by atoms with Crippen LogP contribution in [0, 0.1) is 6.92 Å². The molecule has 0 unspecified atom stereocenters. The van der Waals surface area contributed by atoms with Gasteiger partial charge in [0.15, 0.2) is 0 Å². The molecule has 0 fully saturated rings. The number of hydrogen-bond acceptors (Lipinski definition) is 5. The van der Waals surface area contributed by atoms with Crippen molar-refractivity contribution in [2.24, 2.45) is 0 Å². The van der Waals surface area contributed by atoms with Crippen LogP contribution in [0.4, 0.5) is 5.69 Å². The van der Waals surface area contributed by atoms with E-state index in [4.69, 9.17) is 4.52 Å². The highest BCUT2D eigenvalue weighted by Gasteiger charge is 2.16. The summed E-state index contributed by atoms with van der Waals surface area (Å²) in [6.45, 7) is 1.95. The molecular weight excluding hydrogens is 332 g/mol. The molecule has 2 N–H and O–H groups in total. The molecule has 2 aromatic carbocycles. The van der Waals surface area contributed by atoms with E-state index >= 15 is 0 Å². The first-order valence-corrected chi connectivity index (χ1v) is 8.08. The SMILES string of the molecule is CNC(=O)c1ccccc1NC(=O)Cc1nc(-c2ccccc2C)no1. The lowest BCUT2D eigenvalue weighted by Crippen LogP contribution is -2.22. The summed E-state index contributed by atoms with van der Waals surface area (Å²) in [5, 5.41) is 9.18. The number of carbonyl (C=O) groups is 2. The van der Waals surface area contributed by atoms with Crippen LogP contribution >= 0.6 is 0 Å². The molecule has 0 atom stereocenters. The summed E-state index contributed by atoms with van der Waals surface area (Å²) in [5.74, 6) is 0.0247. The van der Waals surface area contributed by atoms with Crippen molar-refractivity contribution >= 4 is 17.5 Å². The zero-order valence-corrected chi connectivity index (χ0v) is 14.4. The number of hydrogen-bond donors (Lipinski definition) is 2. The molecule has 26 heavy (non-hydrogen) atoms. The fraction of sp³-hybridized carbons (Fsp3) is 0.158. The van der Waals surface area contributed by atoms with E-state index in [1.165, 1.54) is 7.05 Å². The van der Waals surface area contributed by atoms with Gasteiger partial charge in [-0.05, 0) is 24.6 Å². The summed E-state index contributed by atoms with van der Waals surface area (Å²) in [5.41, 5.74) is 2.68. The Labute approximate surface area is 150 Å². The van der Waals surface area contributed by atoms with Crippen LogP contribution in [-0.4, -0.2) is 29.0 Å². The van der Waals surface area contributed by atoms with Crippen LogP contribution in [0.1, 0.15) is 21.8 Å². The van der Waals surface area contributed by atoms with Crippen LogP contribution in [-0.2, 0) is 11.2 Å². The Kier molecular flexibility index (Phi) is 5.07. The number of anilines is 1. The topological polar surface area (TPSA) is 97.1 Å². The lowest BCUT2D eigenvalue weighted by molar-refractivity contribution is -0.115. The van der Waals surface area contributed by atoms with Gasteiger partial charge in [0.25, 0.3) is 5.91 Å². The second kappa shape index (κ2) is 7.60. The van der Waals surface area contributed by atoms with E-state index in [-0.39, 0.29) is 24.1 Å². The average molecular weight is 350 g/mol. The number of nitrogens with one attached hydrogen (secondary N) is 2. The van der Waals surface area contributed by atoms with Crippen LogP contribution in [0.25, 0.3) is 11.4 Å². The number of aromatic nitrogens is 2.